The number of hydrogen-bond donors (Lipinski definition) is 0. The predicted molar refractivity (Wildman–Crippen MR) is 117 cm³/mol. The number of imide groups is 1. The number of sulfonamides is 1. The average molecular weight is 467 g/mol. The quantitative estimate of drug-likeness (QED) is 0.482. The fraction of sp³-hybridized carbons (Fsp3) is 0.429. The van der Waals surface area contributed by atoms with Gasteiger partial charge in [-0.1, -0.05) is 43.4 Å². The molecule has 1 atom stereocenters. The van der Waals surface area contributed by atoms with Gasteiger partial charge in [-0.05, 0) is 48.6 Å². The van der Waals surface area contributed by atoms with Crippen LogP contribution in [0.25, 0.3) is 0 Å². The van der Waals surface area contributed by atoms with Gasteiger partial charge in [-0.15, -0.1) is 11.3 Å². The molecule has 2 aromatic rings. The van der Waals surface area contributed by atoms with Gasteiger partial charge < -0.3 is 0 Å². The van der Waals surface area contributed by atoms with Gasteiger partial charge >= 0.3 is 0 Å². The van der Waals surface area contributed by atoms with Crippen LogP contribution < -0.4 is 4.90 Å². The number of amides is 2. The van der Waals surface area contributed by atoms with Crippen LogP contribution in [0.15, 0.2) is 46.0 Å². The van der Waals surface area contributed by atoms with Gasteiger partial charge in [0, 0.05) is 11.1 Å². The molecule has 160 valence electrons. The molecule has 1 unspecified atom stereocenters. The number of halogens is 1. The van der Waals surface area contributed by atoms with Crippen molar-refractivity contribution in [2.75, 3.05) is 4.90 Å². The van der Waals surface area contributed by atoms with Crippen molar-refractivity contribution in [3.05, 3.63) is 46.8 Å². The van der Waals surface area contributed by atoms with Crippen molar-refractivity contribution in [2.24, 2.45) is 0 Å². The molecule has 0 bridgehead atoms. The highest BCUT2D eigenvalue weighted by molar-refractivity contribution is 7.91. The molecule has 2 aliphatic rings. The molecule has 1 aliphatic heterocycles. The van der Waals surface area contributed by atoms with Crippen molar-refractivity contribution in [1.29, 1.82) is 0 Å². The lowest BCUT2D eigenvalue weighted by Crippen LogP contribution is -2.50. The van der Waals surface area contributed by atoms with E-state index in [1.807, 2.05) is 0 Å². The smallest absolute Gasteiger partial charge is 0.253 e. The van der Waals surface area contributed by atoms with Crippen LogP contribution in [0.4, 0.5) is 5.69 Å². The van der Waals surface area contributed by atoms with Crippen molar-refractivity contribution in [1.82, 2.24) is 4.31 Å². The van der Waals surface area contributed by atoms with Gasteiger partial charge in [0.25, 0.3) is 15.9 Å². The second-order valence-corrected chi connectivity index (χ2v) is 11.1. The zero-order chi connectivity index (χ0) is 21.3. The summed E-state index contributed by atoms with van der Waals surface area (Å²) in [6.07, 6.45) is 5.18. The topological polar surface area (TPSA) is 74.8 Å². The summed E-state index contributed by atoms with van der Waals surface area (Å²) >= 11 is 7.06. The number of hydrogen-bond acceptors (Lipinski definition) is 5. The van der Waals surface area contributed by atoms with E-state index < -0.39 is 27.9 Å². The molecule has 6 nitrogen and oxygen atoms in total. The molecule has 0 spiro atoms. The second kappa shape index (κ2) is 8.78. The lowest BCUT2D eigenvalue weighted by Gasteiger charge is -2.33. The van der Waals surface area contributed by atoms with Crippen molar-refractivity contribution in [3.8, 4) is 0 Å². The third-order valence-corrected chi connectivity index (χ3v) is 9.31. The van der Waals surface area contributed by atoms with E-state index in [1.165, 1.54) is 4.31 Å². The SMILES string of the molecule is O=C1CC(N(C2CCCCCC2)S(=O)(=O)c2cccs2)C(=O)N1c1ccc(Cl)cc1. The molecular formula is C21H23ClN2O4S2. The van der Waals surface area contributed by atoms with Gasteiger partial charge in [-0.2, -0.15) is 4.31 Å². The normalized spacial score (nSPS) is 21.4. The Morgan fingerprint density at radius 2 is 1.67 bits per heavy atom. The Kier molecular flexibility index (Phi) is 6.29. The molecule has 2 heterocycles. The van der Waals surface area contributed by atoms with E-state index in [0.29, 0.717) is 23.6 Å². The van der Waals surface area contributed by atoms with E-state index >= 15 is 0 Å². The number of anilines is 1. The first kappa shape index (κ1) is 21.5. The molecule has 2 fully saturated rings. The van der Waals surface area contributed by atoms with Crippen LogP contribution in [-0.2, 0) is 19.6 Å². The Morgan fingerprint density at radius 1 is 1.00 bits per heavy atom. The molecule has 4 rings (SSSR count). The van der Waals surface area contributed by atoms with E-state index in [9.17, 15) is 18.0 Å². The molecule has 1 aliphatic carbocycles. The monoisotopic (exact) mass is 466 g/mol. The zero-order valence-electron chi connectivity index (χ0n) is 16.4. The summed E-state index contributed by atoms with van der Waals surface area (Å²) in [5.41, 5.74) is 0.409. The highest BCUT2D eigenvalue weighted by Crippen LogP contribution is 2.35. The van der Waals surface area contributed by atoms with E-state index in [4.69, 9.17) is 11.6 Å². The summed E-state index contributed by atoms with van der Waals surface area (Å²) in [6, 6.07) is 8.35. The molecular weight excluding hydrogens is 444 g/mol. The first-order chi connectivity index (χ1) is 14.4. The Labute approximate surface area is 185 Å². The predicted octanol–water partition coefficient (Wildman–Crippen LogP) is 4.45. The molecule has 1 aromatic carbocycles. The number of carbonyl (C=O) groups excluding carboxylic acids is 2. The minimum atomic E-state index is -3.89. The third kappa shape index (κ3) is 4.06. The van der Waals surface area contributed by atoms with E-state index in [0.717, 1.165) is 41.9 Å². The number of rotatable bonds is 5. The van der Waals surface area contributed by atoms with Crippen molar-refractivity contribution >= 4 is 50.5 Å². The van der Waals surface area contributed by atoms with Crippen LogP contribution in [0.5, 0.6) is 0 Å². The Hall–Kier alpha value is -1.74. The highest BCUT2D eigenvalue weighted by Gasteiger charge is 2.49. The zero-order valence-corrected chi connectivity index (χ0v) is 18.8. The van der Waals surface area contributed by atoms with E-state index in [2.05, 4.69) is 0 Å². The average Bonchev–Trinajstić information content (AvgIpc) is 3.26. The largest absolute Gasteiger partial charge is 0.274 e. The van der Waals surface area contributed by atoms with Gasteiger partial charge in [0.1, 0.15) is 10.3 Å². The molecule has 0 N–H and O–H groups in total. The molecule has 1 saturated heterocycles. The molecule has 1 aromatic heterocycles. The Bertz CT molecular complexity index is 1010. The van der Waals surface area contributed by atoms with E-state index in [1.54, 1.807) is 41.8 Å². The summed E-state index contributed by atoms with van der Waals surface area (Å²) in [5, 5.41) is 2.20. The molecule has 2 amide bonds. The number of benzene rings is 1. The van der Waals surface area contributed by atoms with Crippen molar-refractivity contribution in [3.63, 3.8) is 0 Å². The van der Waals surface area contributed by atoms with Gasteiger partial charge in [-0.25, -0.2) is 13.3 Å². The van der Waals surface area contributed by atoms with Gasteiger partial charge in [-0.3, -0.25) is 9.59 Å². The van der Waals surface area contributed by atoms with Crippen molar-refractivity contribution in [2.45, 2.75) is 61.2 Å². The minimum Gasteiger partial charge on any atom is -0.274 e. The molecule has 1 saturated carbocycles. The maximum atomic E-state index is 13.6. The fourth-order valence-corrected chi connectivity index (χ4v) is 7.37. The summed E-state index contributed by atoms with van der Waals surface area (Å²) in [7, 11) is -3.89. The standard InChI is InChI=1S/C21H23ClN2O4S2/c22-15-9-11-16(12-10-15)23-19(25)14-18(21(23)26)24(17-6-3-1-2-4-7-17)30(27,28)20-8-5-13-29-20/h5,8-13,17-18H,1-4,6-7,14H2. The molecule has 9 heteroatoms. The van der Waals surface area contributed by atoms with E-state index in [-0.39, 0.29) is 16.7 Å². The lowest BCUT2D eigenvalue weighted by atomic mass is 10.1. The number of carbonyl (C=O) groups is 2. The van der Waals surface area contributed by atoms with Crippen LogP contribution in [0, 0.1) is 0 Å². The third-order valence-electron chi connectivity index (χ3n) is 5.73. The first-order valence-corrected chi connectivity index (χ1v) is 12.8. The summed E-state index contributed by atoms with van der Waals surface area (Å²) < 4.78 is 28.7. The van der Waals surface area contributed by atoms with Crippen LogP contribution >= 0.6 is 22.9 Å². The van der Waals surface area contributed by atoms with Crippen LogP contribution in [0.1, 0.15) is 44.9 Å². The van der Waals surface area contributed by atoms with Crippen LogP contribution in [0.2, 0.25) is 5.02 Å². The molecule has 30 heavy (non-hydrogen) atoms. The van der Waals surface area contributed by atoms with Gasteiger partial charge in [0.05, 0.1) is 12.1 Å². The first-order valence-electron chi connectivity index (χ1n) is 10.1. The summed E-state index contributed by atoms with van der Waals surface area (Å²) in [5.74, 6) is -0.890. The minimum absolute atomic E-state index is 0.150. The highest BCUT2D eigenvalue weighted by atomic mass is 35.5. The summed E-state index contributed by atoms with van der Waals surface area (Å²) in [6.45, 7) is 0. The Morgan fingerprint density at radius 3 is 2.27 bits per heavy atom. The maximum absolute atomic E-state index is 13.6. The Balaban J connectivity index is 1.72. The van der Waals surface area contributed by atoms with Crippen LogP contribution in [0.3, 0.4) is 0 Å². The lowest BCUT2D eigenvalue weighted by molar-refractivity contribution is -0.122. The van der Waals surface area contributed by atoms with Crippen LogP contribution in [-0.4, -0.2) is 36.6 Å². The maximum Gasteiger partial charge on any atom is 0.253 e. The number of thiophene rings is 1. The van der Waals surface area contributed by atoms with Gasteiger partial charge in [0.15, 0.2) is 0 Å². The summed E-state index contributed by atoms with van der Waals surface area (Å²) in [4.78, 5) is 27.3. The molecule has 0 radical (unpaired) electrons. The number of nitrogens with zero attached hydrogens (tertiary/aromatic N) is 2. The second-order valence-electron chi connectivity index (χ2n) is 7.68. The fourth-order valence-electron chi connectivity index (χ4n) is 4.32. The van der Waals surface area contributed by atoms with Crippen molar-refractivity contribution < 1.29 is 18.0 Å². The van der Waals surface area contributed by atoms with Gasteiger partial charge in [0.2, 0.25) is 5.91 Å².